The SMILES string of the molecule is Cc1ccccc1S(=O)(=O)OC1CNC2C(O)CO[C@H]12.Cl. The van der Waals surface area contributed by atoms with E-state index in [1.807, 2.05) is 0 Å². The average Bonchev–Trinajstić information content (AvgIpc) is 2.94. The number of hydrogen-bond donors (Lipinski definition) is 2. The van der Waals surface area contributed by atoms with Crippen LogP contribution in [0.25, 0.3) is 0 Å². The molecular weight excluding hydrogens is 318 g/mol. The number of aryl methyl sites for hydroxylation is 1. The fourth-order valence-electron chi connectivity index (χ4n) is 2.74. The molecule has 4 atom stereocenters. The van der Waals surface area contributed by atoms with E-state index in [2.05, 4.69) is 5.32 Å². The van der Waals surface area contributed by atoms with Crippen LogP contribution in [0.1, 0.15) is 5.56 Å². The van der Waals surface area contributed by atoms with Gasteiger partial charge in [0, 0.05) is 6.54 Å². The summed E-state index contributed by atoms with van der Waals surface area (Å²) < 4.78 is 35.3. The van der Waals surface area contributed by atoms with Gasteiger partial charge >= 0.3 is 0 Å². The Morgan fingerprint density at radius 2 is 2.10 bits per heavy atom. The van der Waals surface area contributed by atoms with Crippen molar-refractivity contribution in [2.75, 3.05) is 13.2 Å². The van der Waals surface area contributed by atoms with Crippen LogP contribution in [0.4, 0.5) is 0 Å². The maximum absolute atomic E-state index is 12.3. The van der Waals surface area contributed by atoms with E-state index >= 15 is 0 Å². The van der Waals surface area contributed by atoms with Crippen molar-refractivity contribution < 1.29 is 22.4 Å². The monoisotopic (exact) mass is 335 g/mol. The summed E-state index contributed by atoms with van der Waals surface area (Å²) in [6.45, 7) is 2.27. The van der Waals surface area contributed by atoms with Crippen molar-refractivity contribution in [2.45, 2.75) is 36.2 Å². The van der Waals surface area contributed by atoms with Gasteiger partial charge in [0.25, 0.3) is 10.1 Å². The van der Waals surface area contributed by atoms with E-state index in [1.54, 1.807) is 25.1 Å². The van der Waals surface area contributed by atoms with Crippen LogP contribution in [0.2, 0.25) is 0 Å². The maximum atomic E-state index is 12.3. The van der Waals surface area contributed by atoms with E-state index in [4.69, 9.17) is 8.92 Å². The molecule has 118 valence electrons. The normalized spacial score (nSPS) is 31.7. The van der Waals surface area contributed by atoms with Gasteiger partial charge in [-0.3, -0.25) is 4.18 Å². The molecule has 0 amide bonds. The first-order valence-electron chi connectivity index (χ1n) is 6.51. The van der Waals surface area contributed by atoms with Crippen LogP contribution in [0, 0.1) is 6.92 Å². The Labute approximate surface area is 130 Å². The molecule has 1 aromatic rings. The van der Waals surface area contributed by atoms with Crippen molar-refractivity contribution in [3.8, 4) is 0 Å². The molecule has 2 fully saturated rings. The highest BCUT2D eigenvalue weighted by Crippen LogP contribution is 2.27. The Morgan fingerprint density at radius 1 is 1.38 bits per heavy atom. The summed E-state index contributed by atoms with van der Waals surface area (Å²) in [6.07, 6.45) is -1.65. The topological polar surface area (TPSA) is 84.9 Å². The molecule has 2 aliphatic rings. The second kappa shape index (κ2) is 6.20. The van der Waals surface area contributed by atoms with Gasteiger partial charge in [0.15, 0.2) is 0 Å². The highest BCUT2D eigenvalue weighted by molar-refractivity contribution is 7.86. The minimum absolute atomic E-state index is 0. The zero-order chi connectivity index (χ0) is 14.3. The van der Waals surface area contributed by atoms with Gasteiger partial charge in [0.2, 0.25) is 0 Å². The fourth-order valence-corrected chi connectivity index (χ4v) is 4.05. The largest absolute Gasteiger partial charge is 0.389 e. The van der Waals surface area contributed by atoms with E-state index in [1.165, 1.54) is 6.07 Å². The second-order valence-corrected chi connectivity index (χ2v) is 6.69. The van der Waals surface area contributed by atoms with Crippen molar-refractivity contribution in [1.29, 1.82) is 0 Å². The predicted molar refractivity (Wildman–Crippen MR) is 78.0 cm³/mol. The minimum atomic E-state index is -3.83. The third kappa shape index (κ3) is 3.08. The van der Waals surface area contributed by atoms with Gasteiger partial charge in [-0.05, 0) is 18.6 Å². The Balaban J connectivity index is 0.00000161. The van der Waals surface area contributed by atoms with Crippen LogP contribution in [0.5, 0.6) is 0 Å². The second-order valence-electron chi connectivity index (χ2n) is 5.15. The lowest BCUT2D eigenvalue weighted by Gasteiger charge is -2.17. The van der Waals surface area contributed by atoms with Crippen LogP contribution >= 0.6 is 12.4 Å². The molecule has 2 aliphatic heterocycles. The van der Waals surface area contributed by atoms with Crippen LogP contribution in [-0.4, -0.2) is 51.0 Å². The first-order chi connectivity index (χ1) is 9.49. The summed E-state index contributed by atoms with van der Waals surface area (Å²) in [5.41, 5.74) is 0.641. The molecule has 2 N–H and O–H groups in total. The Morgan fingerprint density at radius 3 is 2.81 bits per heavy atom. The van der Waals surface area contributed by atoms with Gasteiger partial charge in [0.05, 0.1) is 23.6 Å². The summed E-state index contributed by atoms with van der Waals surface area (Å²) in [4.78, 5) is 0.169. The number of hydrogen-bond acceptors (Lipinski definition) is 6. The number of ether oxygens (including phenoxy) is 1. The smallest absolute Gasteiger partial charge is 0.297 e. The van der Waals surface area contributed by atoms with E-state index in [0.717, 1.165) is 0 Å². The van der Waals surface area contributed by atoms with Crippen molar-refractivity contribution in [1.82, 2.24) is 5.32 Å². The maximum Gasteiger partial charge on any atom is 0.297 e. The number of aliphatic hydroxyl groups excluding tert-OH is 1. The van der Waals surface area contributed by atoms with Crippen LogP contribution in [0.15, 0.2) is 29.2 Å². The van der Waals surface area contributed by atoms with Gasteiger partial charge in [0.1, 0.15) is 12.2 Å². The average molecular weight is 336 g/mol. The Bertz CT molecular complexity index is 608. The van der Waals surface area contributed by atoms with Gasteiger partial charge in [-0.25, -0.2) is 0 Å². The molecule has 3 unspecified atom stereocenters. The first kappa shape index (κ1) is 16.7. The third-order valence-corrected chi connectivity index (χ3v) is 5.26. The summed E-state index contributed by atoms with van der Waals surface area (Å²) in [6, 6.07) is 6.43. The number of fused-ring (bicyclic) bond motifs is 1. The predicted octanol–water partition coefficient (Wildman–Crippen LogP) is 0.222. The zero-order valence-electron chi connectivity index (χ0n) is 11.4. The molecular formula is C13H18ClNO5S. The number of benzene rings is 1. The van der Waals surface area contributed by atoms with Crippen molar-refractivity contribution in [3.05, 3.63) is 29.8 Å². The van der Waals surface area contributed by atoms with Gasteiger partial charge in [-0.1, -0.05) is 18.2 Å². The number of aliphatic hydroxyl groups is 1. The van der Waals surface area contributed by atoms with Crippen LogP contribution < -0.4 is 5.32 Å². The molecule has 2 heterocycles. The van der Waals surface area contributed by atoms with Gasteiger partial charge in [-0.2, -0.15) is 8.42 Å². The first-order valence-corrected chi connectivity index (χ1v) is 7.92. The van der Waals surface area contributed by atoms with Crippen molar-refractivity contribution in [2.24, 2.45) is 0 Å². The molecule has 0 bridgehead atoms. The van der Waals surface area contributed by atoms with Gasteiger partial charge < -0.3 is 15.2 Å². The molecule has 8 heteroatoms. The lowest BCUT2D eigenvalue weighted by molar-refractivity contribution is 0.0278. The molecule has 0 radical (unpaired) electrons. The molecule has 21 heavy (non-hydrogen) atoms. The van der Waals surface area contributed by atoms with Crippen LogP contribution in [0.3, 0.4) is 0 Å². The zero-order valence-corrected chi connectivity index (χ0v) is 13.1. The summed E-state index contributed by atoms with van der Waals surface area (Å²) in [5, 5.41) is 12.7. The van der Waals surface area contributed by atoms with Crippen LogP contribution in [-0.2, 0) is 19.0 Å². The lowest BCUT2D eigenvalue weighted by Crippen LogP contribution is -2.37. The van der Waals surface area contributed by atoms with E-state index in [0.29, 0.717) is 12.1 Å². The van der Waals surface area contributed by atoms with Crippen molar-refractivity contribution >= 4 is 22.5 Å². The molecule has 2 saturated heterocycles. The summed E-state index contributed by atoms with van der Waals surface area (Å²) in [7, 11) is -3.83. The molecule has 0 aliphatic carbocycles. The minimum Gasteiger partial charge on any atom is -0.389 e. The molecule has 0 aromatic heterocycles. The van der Waals surface area contributed by atoms with Crippen molar-refractivity contribution in [3.63, 3.8) is 0 Å². The molecule has 0 saturated carbocycles. The quantitative estimate of drug-likeness (QED) is 0.769. The van der Waals surface area contributed by atoms with E-state index in [-0.39, 0.29) is 30.0 Å². The number of nitrogens with one attached hydrogen (secondary N) is 1. The lowest BCUT2D eigenvalue weighted by atomic mass is 10.1. The van der Waals surface area contributed by atoms with Gasteiger partial charge in [-0.15, -0.1) is 12.4 Å². The fraction of sp³-hybridized carbons (Fsp3) is 0.538. The number of halogens is 1. The Hall–Kier alpha value is -0.700. The highest BCUT2D eigenvalue weighted by atomic mass is 35.5. The number of rotatable bonds is 3. The molecule has 1 aromatic carbocycles. The molecule has 6 nitrogen and oxygen atoms in total. The summed E-state index contributed by atoms with van der Waals surface area (Å²) >= 11 is 0. The van der Waals surface area contributed by atoms with E-state index < -0.39 is 28.4 Å². The molecule has 3 rings (SSSR count). The molecule has 0 spiro atoms. The van der Waals surface area contributed by atoms with E-state index in [9.17, 15) is 13.5 Å². The highest BCUT2D eigenvalue weighted by Gasteiger charge is 2.48. The Kier molecular flexibility index (Phi) is 4.92. The summed E-state index contributed by atoms with van der Waals surface area (Å²) in [5.74, 6) is 0. The standard InChI is InChI=1S/C13H17NO5S.ClH/c1-8-4-2-3-5-11(8)20(16,17)19-10-6-14-12-9(15)7-18-13(10)12;/h2-5,9-10,12-15H,6-7H2,1H3;1H/t9?,10?,12?,13-;/m1./s1. The third-order valence-electron chi connectivity index (χ3n) is 3.76.